The molecule has 0 aromatic heterocycles. The van der Waals surface area contributed by atoms with Crippen molar-refractivity contribution in [1.29, 1.82) is 0 Å². The van der Waals surface area contributed by atoms with Gasteiger partial charge in [-0.2, -0.15) is 27.0 Å². The number of nitro groups is 2. The van der Waals surface area contributed by atoms with Gasteiger partial charge in [0, 0.05) is 23.3 Å². The molecule has 5 rings (SSSR count). The van der Waals surface area contributed by atoms with Gasteiger partial charge in [-0.1, -0.05) is 55.0 Å². The number of nitrogens with zero attached hydrogens (tertiary/aromatic N) is 4. The van der Waals surface area contributed by atoms with Crippen LogP contribution in [-0.2, 0) is 29.8 Å². The maximum absolute atomic E-state index is 13.2. The number of rotatable bonds is 14. The van der Waals surface area contributed by atoms with Gasteiger partial charge in [0.05, 0.1) is 22.3 Å². The number of carbonyl (C=O) groups excluding carboxylic acids is 2. The van der Waals surface area contributed by atoms with Gasteiger partial charge in [-0.05, 0) is 49.2 Å². The fraction of sp³-hybridized carbons (Fsp3) is 0.125. The van der Waals surface area contributed by atoms with Crippen molar-refractivity contribution >= 4 is 55.9 Å². The van der Waals surface area contributed by atoms with Gasteiger partial charge >= 0.3 is 20.2 Å². The standard InChI is InChI=1S/C32H26N6O12S2/c39-30(35-33-20-22-10-1-5-14-26(22)49-51(45,46)28-16-7-3-12-24(28)37(41)42)32(18-9-19-32)31(40)36-34-21-23-11-2-6-15-27(23)50-52(47,48)29-17-8-4-13-25(29)38(43)44/h1-8,10-17,20-21H,9,18-19H2,(H,35,39)(H,36,40). The molecule has 0 radical (unpaired) electrons. The summed E-state index contributed by atoms with van der Waals surface area (Å²) in [4.78, 5) is 46.0. The highest BCUT2D eigenvalue weighted by Crippen LogP contribution is 2.41. The van der Waals surface area contributed by atoms with Gasteiger partial charge in [0.25, 0.3) is 23.2 Å². The van der Waals surface area contributed by atoms with E-state index in [0.717, 1.165) is 36.7 Å². The van der Waals surface area contributed by atoms with Crippen molar-refractivity contribution in [2.75, 3.05) is 0 Å². The van der Waals surface area contributed by atoms with Gasteiger partial charge in [0.1, 0.15) is 5.41 Å². The Morgan fingerprint density at radius 3 is 1.37 bits per heavy atom. The van der Waals surface area contributed by atoms with E-state index in [2.05, 4.69) is 21.1 Å². The summed E-state index contributed by atoms with van der Waals surface area (Å²) in [5.74, 6) is -2.09. The molecule has 1 aliphatic carbocycles. The van der Waals surface area contributed by atoms with E-state index in [1.54, 1.807) is 0 Å². The Labute approximate surface area is 295 Å². The average molecular weight is 751 g/mol. The molecule has 18 nitrogen and oxygen atoms in total. The predicted octanol–water partition coefficient (Wildman–Crippen LogP) is 3.81. The molecular formula is C32H26N6O12S2. The lowest BCUT2D eigenvalue weighted by Crippen LogP contribution is -2.53. The molecule has 0 saturated heterocycles. The first-order chi connectivity index (χ1) is 24.7. The maximum Gasteiger partial charge on any atom is 0.346 e. The minimum atomic E-state index is -4.66. The van der Waals surface area contributed by atoms with Crippen LogP contribution in [0, 0.1) is 25.6 Å². The molecule has 0 atom stereocenters. The van der Waals surface area contributed by atoms with Crippen LogP contribution in [0.15, 0.2) is 117 Å². The van der Waals surface area contributed by atoms with Crippen LogP contribution in [0.4, 0.5) is 11.4 Å². The van der Waals surface area contributed by atoms with Crippen LogP contribution in [0.25, 0.3) is 0 Å². The number of benzene rings is 4. The highest BCUT2D eigenvalue weighted by molar-refractivity contribution is 7.87. The first-order valence-electron chi connectivity index (χ1n) is 15.0. The van der Waals surface area contributed by atoms with Gasteiger partial charge in [-0.3, -0.25) is 29.8 Å². The second kappa shape index (κ2) is 15.1. The normalized spacial score (nSPS) is 13.9. The van der Waals surface area contributed by atoms with Crippen LogP contribution in [-0.4, -0.2) is 50.9 Å². The predicted molar refractivity (Wildman–Crippen MR) is 182 cm³/mol. The van der Waals surface area contributed by atoms with Crippen LogP contribution in [0.1, 0.15) is 30.4 Å². The van der Waals surface area contributed by atoms with Crippen LogP contribution >= 0.6 is 0 Å². The minimum Gasteiger partial charge on any atom is -0.378 e. The number of nitro benzene ring substituents is 2. The average Bonchev–Trinajstić information content (AvgIpc) is 3.09. The topological polar surface area (TPSA) is 256 Å². The minimum absolute atomic E-state index is 0.0754. The molecule has 0 spiro atoms. The maximum atomic E-state index is 13.2. The zero-order chi connectivity index (χ0) is 37.5. The molecule has 4 aromatic rings. The van der Waals surface area contributed by atoms with Crippen LogP contribution < -0.4 is 19.2 Å². The van der Waals surface area contributed by atoms with Crippen molar-refractivity contribution in [3.05, 3.63) is 128 Å². The Kier molecular flexibility index (Phi) is 10.7. The smallest absolute Gasteiger partial charge is 0.346 e. The molecule has 0 bridgehead atoms. The molecular weight excluding hydrogens is 725 g/mol. The molecule has 2 N–H and O–H groups in total. The quantitative estimate of drug-likeness (QED) is 0.0613. The number of nitrogens with one attached hydrogen (secondary N) is 2. The SMILES string of the molecule is O=C(NN=Cc1ccccc1OS(=O)(=O)c1ccccc1[N+](=O)[O-])C1(C(=O)NN=Cc2ccccc2OS(=O)(=O)c2ccccc2[N+](=O)[O-])CCC1. The fourth-order valence-electron chi connectivity index (χ4n) is 4.91. The molecule has 0 unspecified atom stereocenters. The Hall–Kier alpha value is -6.54. The Morgan fingerprint density at radius 2 is 1.00 bits per heavy atom. The Bertz CT molecular complexity index is 2180. The van der Waals surface area contributed by atoms with Crippen LogP contribution in [0.3, 0.4) is 0 Å². The monoisotopic (exact) mass is 750 g/mol. The lowest BCUT2D eigenvalue weighted by molar-refractivity contribution is -0.388. The van der Waals surface area contributed by atoms with E-state index in [1.165, 1.54) is 72.8 Å². The molecule has 0 heterocycles. The van der Waals surface area contributed by atoms with E-state index in [9.17, 15) is 46.7 Å². The lowest BCUT2D eigenvalue weighted by Gasteiger charge is -2.36. The largest absolute Gasteiger partial charge is 0.378 e. The Balaban J connectivity index is 1.26. The summed E-state index contributed by atoms with van der Waals surface area (Å²) < 4.78 is 62.0. The zero-order valence-corrected chi connectivity index (χ0v) is 28.2. The molecule has 1 fully saturated rings. The molecule has 268 valence electrons. The zero-order valence-electron chi connectivity index (χ0n) is 26.5. The number of para-hydroxylation sites is 4. The summed E-state index contributed by atoms with van der Waals surface area (Å²) in [5.41, 5.74) is 1.73. The van der Waals surface area contributed by atoms with Gasteiger partial charge in [-0.15, -0.1) is 0 Å². The van der Waals surface area contributed by atoms with E-state index in [0.29, 0.717) is 6.42 Å². The summed E-state index contributed by atoms with van der Waals surface area (Å²) >= 11 is 0. The van der Waals surface area contributed by atoms with Crippen molar-refractivity contribution in [2.24, 2.45) is 15.6 Å². The van der Waals surface area contributed by atoms with Crippen LogP contribution in [0.2, 0.25) is 0 Å². The van der Waals surface area contributed by atoms with Crippen molar-refractivity contribution < 1.29 is 44.6 Å². The van der Waals surface area contributed by atoms with E-state index >= 15 is 0 Å². The number of hydrogen-bond acceptors (Lipinski definition) is 14. The third kappa shape index (κ3) is 7.92. The molecule has 4 aromatic carbocycles. The third-order valence-electron chi connectivity index (χ3n) is 7.72. The van der Waals surface area contributed by atoms with Gasteiger partial charge < -0.3 is 8.37 Å². The van der Waals surface area contributed by atoms with E-state index in [1.807, 2.05) is 0 Å². The van der Waals surface area contributed by atoms with Gasteiger partial charge in [-0.25, -0.2) is 10.9 Å². The number of hydrazone groups is 2. The van der Waals surface area contributed by atoms with E-state index in [4.69, 9.17) is 8.37 Å². The summed E-state index contributed by atoms with van der Waals surface area (Å²) in [5, 5.41) is 30.4. The van der Waals surface area contributed by atoms with Crippen molar-refractivity contribution in [3.8, 4) is 11.5 Å². The number of carbonyl (C=O) groups is 2. The highest BCUT2D eigenvalue weighted by Gasteiger charge is 2.51. The molecule has 1 saturated carbocycles. The summed E-state index contributed by atoms with van der Waals surface area (Å²) in [6.07, 6.45) is 2.93. The molecule has 0 aliphatic heterocycles. The second-order valence-corrected chi connectivity index (χ2v) is 14.0. The summed E-state index contributed by atoms with van der Waals surface area (Å²) in [6, 6.07) is 20.6. The molecule has 2 amide bonds. The van der Waals surface area contributed by atoms with Crippen molar-refractivity contribution in [1.82, 2.24) is 10.9 Å². The fourth-order valence-corrected chi connectivity index (χ4v) is 7.16. The van der Waals surface area contributed by atoms with Crippen molar-refractivity contribution in [2.45, 2.75) is 29.1 Å². The molecule has 20 heteroatoms. The van der Waals surface area contributed by atoms with E-state index in [-0.39, 0.29) is 35.5 Å². The van der Waals surface area contributed by atoms with E-state index < -0.39 is 68.5 Å². The third-order valence-corrected chi connectivity index (χ3v) is 10.3. The van der Waals surface area contributed by atoms with Crippen molar-refractivity contribution in [3.63, 3.8) is 0 Å². The highest BCUT2D eigenvalue weighted by atomic mass is 32.2. The lowest BCUT2D eigenvalue weighted by atomic mass is 9.67. The second-order valence-electron chi connectivity index (χ2n) is 10.9. The summed E-state index contributed by atoms with van der Waals surface area (Å²) in [6.45, 7) is 0. The molecule has 52 heavy (non-hydrogen) atoms. The Morgan fingerprint density at radius 1 is 0.635 bits per heavy atom. The van der Waals surface area contributed by atoms with Gasteiger partial charge in [0.15, 0.2) is 21.3 Å². The number of hydrogen-bond donors (Lipinski definition) is 2. The van der Waals surface area contributed by atoms with Crippen LogP contribution in [0.5, 0.6) is 11.5 Å². The van der Waals surface area contributed by atoms with Gasteiger partial charge in [0.2, 0.25) is 0 Å². The first kappa shape index (κ1) is 36.7. The number of amides is 2. The molecule has 1 aliphatic rings. The first-order valence-corrected chi connectivity index (χ1v) is 17.8. The summed E-state index contributed by atoms with van der Waals surface area (Å²) in [7, 11) is -9.32.